The molecule has 3 aliphatic rings. The number of rotatable bonds is 0. The Labute approximate surface area is 147 Å². The van der Waals surface area contributed by atoms with Crippen LogP contribution in [0.3, 0.4) is 0 Å². The number of benzene rings is 1. The van der Waals surface area contributed by atoms with Crippen LogP contribution in [-0.2, 0) is 16.0 Å². The number of amides is 4. The highest BCUT2D eigenvalue weighted by Gasteiger charge is 2.68. The van der Waals surface area contributed by atoms with E-state index in [1.807, 2.05) is 25.1 Å². The number of piperidine rings is 1. The normalized spacial score (nSPS) is 28.3. The lowest BCUT2D eigenvalue weighted by atomic mass is 9.58. The number of hydrogen-bond donors (Lipinski definition) is 0. The van der Waals surface area contributed by atoms with Gasteiger partial charge >= 0.3 is 6.03 Å². The highest BCUT2D eigenvalue weighted by atomic mass is 16.2. The number of para-hydroxylation sites is 1. The second-order valence-electron chi connectivity index (χ2n) is 7.60. The number of urea groups is 1. The van der Waals surface area contributed by atoms with Crippen molar-refractivity contribution in [2.24, 2.45) is 5.41 Å². The van der Waals surface area contributed by atoms with E-state index < -0.39 is 17.0 Å². The number of anilines is 1. The van der Waals surface area contributed by atoms with Crippen LogP contribution in [0.25, 0.3) is 0 Å². The van der Waals surface area contributed by atoms with E-state index in [4.69, 9.17) is 0 Å². The summed E-state index contributed by atoms with van der Waals surface area (Å²) in [6.45, 7) is 2.84. The molecule has 132 valence electrons. The summed E-state index contributed by atoms with van der Waals surface area (Å²) in [4.78, 5) is 43.5. The average Bonchev–Trinajstić information content (AvgIpc) is 2.63. The molecule has 4 rings (SSSR count). The molecule has 0 N–H and O–H groups in total. The van der Waals surface area contributed by atoms with E-state index in [9.17, 15) is 14.4 Å². The lowest BCUT2D eigenvalue weighted by molar-refractivity contribution is -0.163. The second-order valence-corrected chi connectivity index (χ2v) is 7.60. The van der Waals surface area contributed by atoms with Crippen LogP contribution in [0.1, 0.15) is 31.7 Å². The third kappa shape index (κ3) is 1.77. The highest BCUT2D eigenvalue weighted by Crippen LogP contribution is 2.54. The largest absolute Gasteiger partial charge is 0.364 e. The average molecular weight is 341 g/mol. The van der Waals surface area contributed by atoms with E-state index in [2.05, 4.69) is 11.0 Å². The summed E-state index contributed by atoms with van der Waals surface area (Å²) in [5.41, 5.74) is 0.230. The van der Waals surface area contributed by atoms with E-state index >= 15 is 0 Å². The number of fused-ring (bicyclic) bond motifs is 4. The molecule has 1 aromatic carbocycles. The van der Waals surface area contributed by atoms with Crippen LogP contribution in [0.4, 0.5) is 10.5 Å². The molecular weight excluding hydrogens is 318 g/mol. The summed E-state index contributed by atoms with van der Waals surface area (Å²) in [5, 5.41) is 0. The van der Waals surface area contributed by atoms with E-state index in [-0.39, 0.29) is 11.8 Å². The van der Waals surface area contributed by atoms with Crippen LogP contribution in [0.15, 0.2) is 24.3 Å². The molecule has 6 heteroatoms. The minimum atomic E-state index is -1.25. The van der Waals surface area contributed by atoms with Crippen molar-refractivity contribution in [3.63, 3.8) is 0 Å². The van der Waals surface area contributed by atoms with Crippen LogP contribution in [0, 0.1) is 5.41 Å². The van der Waals surface area contributed by atoms with Gasteiger partial charge in [-0.15, -0.1) is 0 Å². The summed E-state index contributed by atoms with van der Waals surface area (Å²) in [7, 11) is 2.96. The van der Waals surface area contributed by atoms with Gasteiger partial charge in [-0.05, 0) is 37.8 Å². The Morgan fingerprint density at radius 3 is 2.28 bits per heavy atom. The van der Waals surface area contributed by atoms with Gasteiger partial charge in [-0.25, -0.2) is 4.79 Å². The Morgan fingerprint density at radius 1 is 0.960 bits per heavy atom. The third-order valence-corrected chi connectivity index (χ3v) is 6.46. The maximum Gasteiger partial charge on any atom is 0.332 e. The zero-order valence-corrected chi connectivity index (χ0v) is 14.9. The van der Waals surface area contributed by atoms with Crippen molar-refractivity contribution in [1.29, 1.82) is 0 Å². The van der Waals surface area contributed by atoms with Gasteiger partial charge in [-0.2, -0.15) is 0 Å². The zero-order valence-electron chi connectivity index (χ0n) is 14.9. The van der Waals surface area contributed by atoms with Gasteiger partial charge in [0, 0.05) is 32.7 Å². The Bertz CT molecular complexity index is 766. The SMILES string of the molecule is CN1C(=O)N(C)C(=O)C2(Cc3ccccc3N3CCCC[C@@]32C)C1=O. The van der Waals surface area contributed by atoms with Crippen LogP contribution in [-0.4, -0.2) is 53.8 Å². The molecule has 25 heavy (non-hydrogen) atoms. The van der Waals surface area contributed by atoms with Gasteiger partial charge in [-0.3, -0.25) is 19.4 Å². The summed E-state index contributed by atoms with van der Waals surface area (Å²) in [6.07, 6.45) is 3.11. The first-order valence-corrected chi connectivity index (χ1v) is 8.80. The van der Waals surface area contributed by atoms with Crippen molar-refractivity contribution < 1.29 is 14.4 Å². The second kappa shape index (κ2) is 5.07. The zero-order chi connectivity index (χ0) is 18.0. The van der Waals surface area contributed by atoms with Gasteiger partial charge in [0.2, 0.25) is 11.8 Å². The predicted molar refractivity (Wildman–Crippen MR) is 93.1 cm³/mol. The van der Waals surface area contributed by atoms with Crippen LogP contribution < -0.4 is 4.90 Å². The molecule has 2 saturated heterocycles. The molecule has 0 saturated carbocycles. The van der Waals surface area contributed by atoms with Crippen molar-refractivity contribution in [2.45, 2.75) is 38.1 Å². The van der Waals surface area contributed by atoms with Gasteiger partial charge in [0.05, 0.1) is 5.54 Å². The molecular formula is C19H23N3O3. The fraction of sp³-hybridized carbons (Fsp3) is 0.526. The lowest BCUT2D eigenvalue weighted by Crippen LogP contribution is -2.76. The summed E-state index contributed by atoms with van der Waals surface area (Å²) < 4.78 is 0. The van der Waals surface area contributed by atoms with E-state index in [0.717, 1.165) is 46.9 Å². The minimum Gasteiger partial charge on any atom is -0.364 e. The van der Waals surface area contributed by atoms with Gasteiger partial charge in [0.1, 0.15) is 0 Å². The number of hydrogen-bond acceptors (Lipinski definition) is 4. The smallest absolute Gasteiger partial charge is 0.332 e. The molecule has 0 aromatic heterocycles. The molecule has 4 amide bonds. The standard InChI is InChI=1S/C19H23N3O3/c1-18-10-6-7-11-22(18)14-9-5-4-8-13(14)12-19(18)15(23)20(2)17(25)21(3)16(19)24/h4-5,8-9H,6-7,10-12H2,1-3H3/t18-/m1/s1. The summed E-state index contributed by atoms with van der Waals surface area (Å²) in [6, 6.07) is 7.45. The third-order valence-electron chi connectivity index (χ3n) is 6.46. The molecule has 6 nitrogen and oxygen atoms in total. The monoisotopic (exact) mass is 341 g/mol. The Hall–Kier alpha value is -2.37. The van der Waals surface area contributed by atoms with Gasteiger partial charge in [0.25, 0.3) is 0 Å². The molecule has 1 aromatic rings. The topological polar surface area (TPSA) is 60.9 Å². The first kappa shape index (κ1) is 16.1. The molecule has 1 atom stereocenters. The van der Waals surface area contributed by atoms with E-state index in [0.29, 0.717) is 6.42 Å². The van der Waals surface area contributed by atoms with Gasteiger partial charge in [0.15, 0.2) is 5.41 Å². The van der Waals surface area contributed by atoms with Crippen molar-refractivity contribution >= 4 is 23.5 Å². The Morgan fingerprint density at radius 2 is 1.60 bits per heavy atom. The molecule has 0 bridgehead atoms. The van der Waals surface area contributed by atoms with Crippen LogP contribution in [0.2, 0.25) is 0 Å². The number of barbiturate groups is 1. The van der Waals surface area contributed by atoms with Crippen LogP contribution in [0.5, 0.6) is 0 Å². The number of nitrogens with zero attached hydrogens (tertiary/aromatic N) is 3. The molecule has 1 spiro atoms. The molecule has 0 radical (unpaired) electrons. The molecule has 3 aliphatic heterocycles. The Kier molecular flexibility index (Phi) is 3.27. The first-order chi connectivity index (χ1) is 11.8. The highest BCUT2D eigenvalue weighted by molar-refractivity contribution is 6.20. The van der Waals surface area contributed by atoms with Gasteiger partial charge in [-0.1, -0.05) is 18.2 Å². The van der Waals surface area contributed by atoms with Crippen molar-refractivity contribution in [3.8, 4) is 0 Å². The van der Waals surface area contributed by atoms with Crippen molar-refractivity contribution in [1.82, 2.24) is 9.80 Å². The first-order valence-electron chi connectivity index (χ1n) is 8.80. The van der Waals surface area contributed by atoms with Crippen molar-refractivity contribution in [3.05, 3.63) is 29.8 Å². The Balaban J connectivity index is 1.98. The van der Waals surface area contributed by atoms with E-state index in [1.54, 1.807) is 0 Å². The number of carbonyl (C=O) groups is 3. The molecule has 0 unspecified atom stereocenters. The fourth-order valence-corrected chi connectivity index (χ4v) is 5.03. The quantitative estimate of drug-likeness (QED) is 0.678. The number of imide groups is 2. The lowest BCUT2D eigenvalue weighted by Gasteiger charge is -2.61. The molecule has 0 aliphatic carbocycles. The van der Waals surface area contributed by atoms with E-state index in [1.165, 1.54) is 14.1 Å². The van der Waals surface area contributed by atoms with Gasteiger partial charge < -0.3 is 4.90 Å². The summed E-state index contributed by atoms with van der Waals surface area (Å²) >= 11 is 0. The number of carbonyl (C=O) groups excluding carboxylic acids is 3. The fourth-order valence-electron chi connectivity index (χ4n) is 5.03. The van der Waals surface area contributed by atoms with Crippen LogP contribution >= 0.6 is 0 Å². The maximum absolute atomic E-state index is 13.4. The summed E-state index contributed by atoms with van der Waals surface area (Å²) in [5.74, 6) is -0.742. The predicted octanol–water partition coefficient (Wildman–Crippen LogP) is 2.03. The minimum absolute atomic E-state index is 0.343. The maximum atomic E-state index is 13.4. The molecule has 2 fully saturated rings. The van der Waals surface area contributed by atoms with Crippen molar-refractivity contribution in [2.75, 3.05) is 25.5 Å². The molecule has 3 heterocycles.